The van der Waals surface area contributed by atoms with Crippen LogP contribution in [0.2, 0.25) is 0 Å². The fraction of sp³-hybridized carbons (Fsp3) is 0.609. The van der Waals surface area contributed by atoms with Crippen molar-refractivity contribution in [3.05, 3.63) is 40.7 Å². The molecule has 0 aliphatic heterocycles. The van der Waals surface area contributed by atoms with Crippen molar-refractivity contribution in [3.8, 4) is 0 Å². The summed E-state index contributed by atoms with van der Waals surface area (Å²) in [4.78, 5) is 15.4. The van der Waals surface area contributed by atoms with E-state index in [0.29, 0.717) is 24.3 Å². The number of nitrogens with one attached hydrogen (secondary N) is 1. The monoisotopic (exact) mass is 455 g/mol. The second-order valence-electron chi connectivity index (χ2n) is 8.47. The Balaban J connectivity index is 3.18. The van der Waals surface area contributed by atoms with E-state index in [9.17, 15) is 13.4 Å². The molecule has 0 saturated heterocycles. The molecule has 1 aromatic carbocycles. The quantitative estimate of drug-likeness (QED) is 0.501. The maximum absolute atomic E-state index is 13.3. The lowest BCUT2D eigenvalue weighted by molar-refractivity contribution is 0.0201. The van der Waals surface area contributed by atoms with Crippen molar-refractivity contribution in [2.24, 2.45) is 0 Å². The predicted octanol–water partition coefficient (Wildman–Crippen LogP) is 5.05. The van der Waals surface area contributed by atoms with Gasteiger partial charge in [0.2, 0.25) is 0 Å². The lowest BCUT2D eigenvalue weighted by Crippen LogP contribution is -2.48. The number of likely N-dealkylation sites (N-methyl/N-ethyl adjacent to an activating group) is 1. The Labute approximate surface area is 189 Å². The van der Waals surface area contributed by atoms with Crippen LogP contribution in [0.1, 0.15) is 60.8 Å². The maximum Gasteiger partial charge on any atom is 0.410 e. The Hall–Kier alpha value is -1.93. The number of amides is 1. The molecule has 8 heteroatoms. The maximum atomic E-state index is 13.3. The largest absolute Gasteiger partial charge is 0.444 e. The van der Waals surface area contributed by atoms with Gasteiger partial charge < -0.3 is 14.6 Å². The zero-order chi connectivity index (χ0) is 23.8. The van der Waals surface area contributed by atoms with Gasteiger partial charge in [0.25, 0.3) is 0 Å². The lowest BCUT2D eigenvalue weighted by Gasteiger charge is -2.34. The summed E-state index contributed by atoms with van der Waals surface area (Å²) in [5.41, 5.74) is 3.53. The molecule has 1 amide bonds. The topological polar surface area (TPSA) is 61.9 Å². The van der Waals surface area contributed by atoms with Crippen LogP contribution in [0.25, 0.3) is 0 Å². The zero-order valence-corrected chi connectivity index (χ0v) is 20.9. The summed E-state index contributed by atoms with van der Waals surface area (Å²) in [6, 6.07) is 5.63. The molecule has 31 heavy (non-hydrogen) atoms. The average Bonchev–Trinajstić information content (AvgIpc) is 2.70. The van der Waals surface area contributed by atoms with Crippen molar-refractivity contribution >= 4 is 16.9 Å². The third-order valence-electron chi connectivity index (χ3n) is 4.77. The molecule has 0 aromatic heterocycles. The molecule has 1 aromatic rings. The first-order valence-corrected chi connectivity index (χ1v) is 11.9. The van der Waals surface area contributed by atoms with E-state index in [-0.39, 0.29) is 18.0 Å². The van der Waals surface area contributed by atoms with Crippen molar-refractivity contribution < 1.29 is 18.1 Å². The van der Waals surface area contributed by atoms with Crippen molar-refractivity contribution in [1.82, 2.24) is 15.3 Å². The summed E-state index contributed by atoms with van der Waals surface area (Å²) in [5.74, 6) is -0.353. The van der Waals surface area contributed by atoms with E-state index in [4.69, 9.17) is 4.74 Å². The number of allylic oxidation sites excluding steroid dienone is 2. The molecule has 0 bridgehead atoms. The van der Waals surface area contributed by atoms with Crippen molar-refractivity contribution in [1.29, 1.82) is 0 Å². The third kappa shape index (κ3) is 8.26. The summed E-state index contributed by atoms with van der Waals surface area (Å²) in [6.07, 6.45) is 1.76. The smallest absolute Gasteiger partial charge is 0.410 e. The molecule has 1 N–H and O–H groups in total. The number of hydrazine groups is 1. The number of nitrogens with zero attached hydrogens (tertiary/aromatic N) is 2. The van der Waals surface area contributed by atoms with Gasteiger partial charge in [0.1, 0.15) is 11.4 Å². The summed E-state index contributed by atoms with van der Waals surface area (Å²) in [7, 11) is 2.12. The van der Waals surface area contributed by atoms with Crippen molar-refractivity contribution in [2.45, 2.75) is 77.3 Å². The highest BCUT2D eigenvalue weighted by atomic mass is 32.2. The first kappa shape index (κ1) is 27.1. The Morgan fingerprint density at radius 2 is 1.81 bits per heavy atom. The molecule has 0 spiro atoms. The van der Waals surface area contributed by atoms with Gasteiger partial charge in [-0.2, -0.15) is 0 Å². The fourth-order valence-corrected chi connectivity index (χ4v) is 4.57. The van der Waals surface area contributed by atoms with Crippen LogP contribution < -0.4 is 5.43 Å². The molecule has 1 unspecified atom stereocenters. The molecule has 0 aliphatic rings. The molecule has 0 aliphatic carbocycles. The second kappa shape index (κ2) is 12.2. The lowest BCUT2D eigenvalue weighted by atomic mass is 10.2. The Kier molecular flexibility index (Phi) is 10.7. The first-order valence-electron chi connectivity index (χ1n) is 10.7. The molecule has 1 rings (SSSR count). The highest BCUT2D eigenvalue weighted by Crippen LogP contribution is 2.26. The summed E-state index contributed by atoms with van der Waals surface area (Å²) in [5, 5.41) is 1.94. The van der Waals surface area contributed by atoms with E-state index in [2.05, 4.69) is 5.43 Å². The van der Waals surface area contributed by atoms with Gasteiger partial charge in [-0.15, -0.1) is 0 Å². The van der Waals surface area contributed by atoms with Crippen LogP contribution in [0.4, 0.5) is 9.18 Å². The highest BCUT2D eigenvalue weighted by Gasteiger charge is 2.26. The van der Waals surface area contributed by atoms with Gasteiger partial charge in [-0.05, 0) is 64.8 Å². The molecule has 0 radical (unpaired) electrons. The van der Waals surface area contributed by atoms with Crippen molar-refractivity contribution in [2.75, 3.05) is 20.6 Å². The van der Waals surface area contributed by atoms with Crippen LogP contribution in [-0.2, 0) is 15.5 Å². The van der Waals surface area contributed by atoms with E-state index in [1.807, 2.05) is 46.6 Å². The minimum atomic E-state index is -1.40. The van der Waals surface area contributed by atoms with Gasteiger partial charge in [-0.25, -0.2) is 18.8 Å². The standard InChI is InChI=1S/C23H38FN3O3S/c1-9-11-21(31(29)19-14-12-18(24)13-15-19)20(10-2)27(25-7)16-17(3)26(8)22(28)30-23(4,5)6/h12-15,17,25H,9-11,16H2,1-8H3/b21-20+/t17-,31?/m0/s1. The second-order valence-corrected chi connectivity index (χ2v) is 9.97. The Bertz CT molecular complexity index is 775. The number of hydrogen-bond donors (Lipinski definition) is 1. The molecule has 0 fully saturated rings. The zero-order valence-electron chi connectivity index (χ0n) is 20.1. The number of ether oxygens (including phenoxy) is 1. The average molecular weight is 456 g/mol. The normalized spacial score (nSPS) is 14.5. The SMILES string of the molecule is CCC/C(=C(/CC)N(C[C@H](C)N(C)C(=O)OC(C)(C)C)NC)S(=O)c1ccc(F)cc1. The molecule has 6 nitrogen and oxygen atoms in total. The predicted molar refractivity (Wildman–Crippen MR) is 124 cm³/mol. The molecule has 176 valence electrons. The van der Waals surface area contributed by atoms with Crippen LogP contribution >= 0.6 is 0 Å². The van der Waals surface area contributed by atoms with E-state index in [1.54, 1.807) is 31.1 Å². The number of carbonyl (C=O) groups is 1. The van der Waals surface area contributed by atoms with E-state index in [0.717, 1.165) is 17.0 Å². The first-order chi connectivity index (χ1) is 14.4. The van der Waals surface area contributed by atoms with Gasteiger partial charge in [-0.3, -0.25) is 0 Å². The molecular weight excluding hydrogens is 417 g/mol. The number of hydrogen-bond acceptors (Lipinski definition) is 5. The molecular formula is C23H38FN3O3S. The minimum Gasteiger partial charge on any atom is -0.444 e. The van der Waals surface area contributed by atoms with Crippen LogP contribution in [0.3, 0.4) is 0 Å². The number of rotatable bonds is 10. The van der Waals surface area contributed by atoms with Gasteiger partial charge in [0.15, 0.2) is 0 Å². The number of carbonyl (C=O) groups excluding carboxylic acids is 1. The van der Waals surface area contributed by atoms with Gasteiger partial charge in [0.05, 0.1) is 23.4 Å². The van der Waals surface area contributed by atoms with E-state index < -0.39 is 16.4 Å². The molecule has 2 atom stereocenters. The fourth-order valence-electron chi connectivity index (χ4n) is 3.05. The van der Waals surface area contributed by atoms with Crippen molar-refractivity contribution in [3.63, 3.8) is 0 Å². The number of halogens is 1. The minimum absolute atomic E-state index is 0.161. The van der Waals surface area contributed by atoms with E-state index in [1.165, 1.54) is 12.1 Å². The van der Waals surface area contributed by atoms with Crippen LogP contribution in [0, 0.1) is 5.82 Å². The van der Waals surface area contributed by atoms with E-state index >= 15 is 0 Å². The van der Waals surface area contributed by atoms with Gasteiger partial charge >= 0.3 is 6.09 Å². The van der Waals surface area contributed by atoms with Crippen LogP contribution in [0.5, 0.6) is 0 Å². The van der Waals surface area contributed by atoms with Gasteiger partial charge in [-0.1, -0.05) is 20.3 Å². The molecule has 0 saturated carbocycles. The highest BCUT2D eigenvalue weighted by molar-refractivity contribution is 7.89. The van der Waals surface area contributed by atoms with Crippen LogP contribution in [0.15, 0.2) is 39.8 Å². The van der Waals surface area contributed by atoms with Crippen LogP contribution in [-0.4, -0.2) is 52.5 Å². The summed E-state index contributed by atoms with van der Waals surface area (Å²) in [6.45, 7) is 12.0. The number of benzene rings is 1. The Morgan fingerprint density at radius 1 is 1.23 bits per heavy atom. The summed E-state index contributed by atoms with van der Waals surface area (Å²) >= 11 is 0. The summed E-state index contributed by atoms with van der Waals surface area (Å²) < 4.78 is 32.1. The molecule has 0 heterocycles. The Morgan fingerprint density at radius 3 is 2.26 bits per heavy atom. The third-order valence-corrected chi connectivity index (χ3v) is 6.36. The van der Waals surface area contributed by atoms with Gasteiger partial charge in [0, 0.05) is 29.6 Å².